The molecule has 0 fully saturated rings. The van der Waals surface area contributed by atoms with Crippen LogP contribution < -0.4 is 4.90 Å². The van der Waals surface area contributed by atoms with E-state index in [1.54, 1.807) is 18.2 Å². The minimum Gasteiger partial charge on any atom is -0.469 e. The van der Waals surface area contributed by atoms with Crippen LogP contribution in [-0.4, -0.2) is 57.3 Å². The van der Waals surface area contributed by atoms with Crippen molar-refractivity contribution in [2.75, 3.05) is 26.1 Å². The second-order valence-corrected chi connectivity index (χ2v) is 16.3. The van der Waals surface area contributed by atoms with E-state index in [2.05, 4.69) is 33.9 Å². The van der Waals surface area contributed by atoms with Gasteiger partial charge in [0.25, 0.3) is 0 Å². The second-order valence-electron chi connectivity index (χ2n) is 11.5. The molecule has 1 heterocycles. The van der Waals surface area contributed by atoms with Gasteiger partial charge in [-0.15, -0.1) is 0 Å². The number of anilines is 1. The first-order valence-electron chi connectivity index (χ1n) is 12.9. The summed E-state index contributed by atoms with van der Waals surface area (Å²) in [5.74, 6) is -0.379. The molecule has 208 valence electrons. The fourth-order valence-electron chi connectivity index (χ4n) is 3.59. The van der Waals surface area contributed by atoms with Crippen molar-refractivity contribution in [3.8, 4) is 11.3 Å². The van der Waals surface area contributed by atoms with Gasteiger partial charge in [0.15, 0.2) is 14.1 Å². The highest BCUT2D eigenvalue weighted by atomic mass is 28.4. The molecule has 0 N–H and O–H groups in total. The van der Waals surface area contributed by atoms with Crippen molar-refractivity contribution in [3.63, 3.8) is 0 Å². The molecule has 0 aliphatic carbocycles. The maximum Gasteiger partial charge on any atom is 0.308 e. The van der Waals surface area contributed by atoms with Gasteiger partial charge in [-0.2, -0.15) is 0 Å². The van der Waals surface area contributed by atoms with Gasteiger partial charge in [-0.1, -0.05) is 34.6 Å². The lowest BCUT2D eigenvalue weighted by Crippen LogP contribution is -2.44. The van der Waals surface area contributed by atoms with Gasteiger partial charge in [-0.3, -0.25) is 9.59 Å². The molecule has 0 radical (unpaired) electrons. The van der Waals surface area contributed by atoms with Crippen LogP contribution in [0.15, 0.2) is 30.3 Å². The Labute approximate surface area is 227 Å². The second kappa shape index (κ2) is 12.8. The van der Waals surface area contributed by atoms with Gasteiger partial charge in [-0.25, -0.2) is 14.4 Å². The predicted molar refractivity (Wildman–Crippen MR) is 153 cm³/mol. The summed E-state index contributed by atoms with van der Waals surface area (Å²) < 4.78 is 24.9. The standard InChI is InChI=1S/C29H42FN3O4Si/c1-19(2)26-24(27(32-28(31-26)33(6)7)20-11-13-21(30)14-12-20)16-15-22(34)17-23(18-25(35)36-8)37-38(9,10)29(3,4)5/h11-16,19,23H,17-18H2,1-10H3/t23-/m1/s1. The van der Waals surface area contributed by atoms with E-state index in [-0.39, 0.29) is 35.4 Å². The third-order valence-corrected chi connectivity index (χ3v) is 11.3. The highest BCUT2D eigenvalue weighted by Crippen LogP contribution is 2.38. The zero-order chi connectivity index (χ0) is 28.8. The zero-order valence-electron chi connectivity index (χ0n) is 24.4. The normalized spacial score (nSPS) is 13.2. The van der Waals surface area contributed by atoms with E-state index in [9.17, 15) is 14.0 Å². The summed E-state index contributed by atoms with van der Waals surface area (Å²) in [4.78, 5) is 36.5. The van der Waals surface area contributed by atoms with Crippen molar-refractivity contribution >= 4 is 32.1 Å². The lowest BCUT2D eigenvalue weighted by Gasteiger charge is -2.39. The first-order chi connectivity index (χ1) is 17.6. The molecule has 0 saturated carbocycles. The van der Waals surface area contributed by atoms with E-state index in [0.29, 0.717) is 17.2 Å². The van der Waals surface area contributed by atoms with E-state index >= 15 is 0 Å². The summed E-state index contributed by atoms with van der Waals surface area (Å²) in [7, 11) is 2.81. The smallest absolute Gasteiger partial charge is 0.308 e. The molecule has 2 aromatic rings. The molecule has 1 aromatic heterocycles. The quantitative estimate of drug-likeness (QED) is 0.184. The van der Waals surface area contributed by atoms with Crippen molar-refractivity contribution in [1.82, 2.24) is 9.97 Å². The molecule has 0 aliphatic rings. The summed E-state index contributed by atoms with van der Waals surface area (Å²) in [6.07, 6.45) is 2.66. The van der Waals surface area contributed by atoms with E-state index in [1.165, 1.54) is 25.3 Å². The van der Waals surface area contributed by atoms with Crippen molar-refractivity contribution < 1.29 is 23.1 Å². The molecule has 0 spiro atoms. The number of ether oxygens (including phenoxy) is 1. The Kier molecular flexibility index (Phi) is 10.5. The van der Waals surface area contributed by atoms with Crippen LogP contribution in [0.2, 0.25) is 18.1 Å². The van der Waals surface area contributed by atoms with Crippen molar-refractivity contribution in [2.24, 2.45) is 0 Å². The molecule has 7 nitrogen and oxygen atoms in total. The van der Waals surface area contributed by atoms with Gasteiger partial charge in [0.05, 0.1) is 31.0 Å². The minimum atomic E-state index is -2.24. The Balaban J connectivity index is 2.48. The van der Waals surface area contributed by atoms with Gasteiger partial charge in [0, 0.05) is 31.6 Å². The molecule has 38 heavy (non-hydrogen) atoms. The number of ketones is 1. The number of hydrogen-bond acceptors (Lipinski definition) is 7. The first-order valence-corrected chi connectivity index (χ1v) is 15.8. The molecule has 0 aliphatic heterocycles. The van der Waals surface area contributed by atoms with Crippen molar-refractivity contribution in [3.05, 3.63) is 47.4 Å². The van der Waals surface area contributed by atoms with Crippen LogP contribution in [0.5, 0.6) is 0 Å². The molecule has 1 aromatic carbocycles. The summed E-state index contributed by atoms with van der Waals surface area (Å²) in [5, 5.41) is -0.0813. The molecule has 9 heteroatoms. The fourth-order valence-corrected chi connectivity index (χ4v) is 4.95. The average Bonchev–Trinajstić information content (AvgIpc) is 2.81. The SMILES string of the molecule is COC(=O)C[C@@H](CC(=O)C=Cc1c(-c2ccc(F)cc2)nc(N(C)C)nc1C(C)C)O[Si](C)(C)C(C)(C)C. The van der Waals surface area contributed by atoms with Crippen LogP contribution in [0.3, 0.4) is 0 Å². The Morgan fingerprint density at radius 3 is 2.18 bits per heavy atom. The number of carbonyl (C=O) groups excluding carboxylic acids is 2. The molecular weight excluding hydrogens is 501 g/mol. The van der Waals surface area contributed by atoms with Crippen LogP contribution in [0.25, 0.3) is 17.3 Å². The summed E-state index contributed by atoms with van der Waals surface area (Å²) in [5.41, 5.74) is 2.80. The van der Waals surface area contributed by atoms with Crippen LogP contribution in [0, 0.1) is 5.82 Å². The average molecular weight is 544 g/mol. The third kappa shape index (κ3) is 8.29. The number of esters is 1. The predicted octanol–water partition coefficient (Wildman–Crippen LogP) is 6.40. The lowest BCUT2D eigenvalue weighted by molar-refractivity contribution is -0.142. The molecule has 0 bridgehead atoms. The summed E-state index contributed by atoms with van der Waals surface area (Å²) in [6.45, 7) is 14.5. The number of methoxy groups -OCH3 is 1. The summed E-state index contributed by atoms with van der Waals surface area (Å²) in [6, 6.07) is 6.10. The number of hydrogen-bond donors (Lipinski definition) is 0. The molecule has 0 unspecified atom stereocenters. The maximum atomic E-state index is 13.7. The van der Waals surface area contributed by atoms with Gasteiger partial charge >= 0.3 is 5.97 Å². The van der Waals surface area contributed by atoms with Crippen molar-refractivity contribution in [1.29, 1.82) is 0 Å². The zero-order valence-corrected chi connectivity index (χ0v) is 25.4. The Morgan fingerprint density at radius 1 is 1.08 bits per heavy atom. The van der Waals surface area contributed by atoms with Crippen LogP contribution in [-0.2, 0) is 18.8 Å². The molecule has 1 atom stereocenters. The molecule has 0 saturated heterocycles. The Hall–Kier alpha value is -2.91. The van der Waals surface area contributed by atoms with Crippen molar-refractivity contribution in [2.45, 2.75) is 77.6 Å². The Bertz CT molecular complexity index is 1160. The van der Waals surface area contributed by atoms with Crippen LogP contribution >= 0.6 is 0 Å². The van der Waals surface area contributed by atoms with Crippen LogP contribution in [0.1, 0.15) is 64.6 Å². The largest absolute Gasteiger partial charge is 0.469 e. The topological polar surface area (TPSA) is 81.6 Å². The maximum absolute atomic E-state index is 13.7. The third-order valence-electron chi connectivity index (χ3n) is 6.78. The first kappa shape index (κ1) is 31.3. The Morgan fingerprint density at radius 2 is 1.68 bits per heavy atom. The van der Waals surface area contributed by atoms with Gasteiger partial charge in [0.1, 0.15) is 5.82 Å². The number of rotatable bonds is 11. The van der Waals surface area contributed by atoms with Crippen LogP contribution in [0.4, 0.5) is 10.3 Å². The molecule has 0 amide bonds. The monoisotopic (exact) mass is 543 g/mol. The fraction of sp³-hybridized carbons (Fsp3) is 0.517. The number of carbonyl (C=O) groups is 2. The summed E-state index contributed by atoms with van der Waals surface area (Å²) >= 11 is 0. The highest BCUT2D eigenvalue weighted by Gasteiger charge is 2.40. The van der Waals surface area contributed by atoms with E-state index < -0.39 is 20.4 Å². The number of allylic oxidation sites excluding steroid dienone is 1. The highest BCUT2D eigenvalue weighted by molar-refractivity contribution is 6.74. The molecular formula is C29H42FN3O4Si. The van der Waals surface area contributed by atoms with E-state index in [4.69, 9.17) is 19.1 Å². The van der Waals surface area contributed by atoms with Gasteiger partial charge in [-0.05, 0) is 60.5 Å². The van der Waals surface area contributed by atoms with Gasteiger partial charge < -0.3 is 14.1 Å². The number of nitrogens with zero attached hydrogens (tertiary/aromatic N) is 3. The lowest BCUT2D eigenvalue weighted by atomic mass is 9.97. The molecule has 2 rings (SSSR count). The van der Waals surface area contributed by atoms with E-state index in [1.807, 2.05) is 32.8 Å². The number of benzene rings is 1. The number of halogens is 1. The van der Waals surface area contributed by atoms with E-state index in [0.717, 1.165) is 11.3 Å². The minimum absolute atomic E-state index is 0.00130. The van der Waals surface area contributed by atoms with Gasteiger partial charge in [0.2, 0.25) is 5.95 Å². The number of aromatic nitrogens is 2.